The maximum absolute atomic E-state index is 12.8. The molecule has 132 valence electrons. The number of nitrogens with zero attached hydrogens (tertiary/aromatic N) is 2. The summed E-state index contributed by atoms with van der Waals surface area (Å²) < 4.78 is 5.44. The van der Waals surface area contributed by atoms with Crippen molar-refractivity contribution < 1.29 is 14.3 Å². The van der Waals surface area contributed by atoms with Crippen molar-refractivity contribution in [1.29, 1.82) is 0 Å². The van der Waals surface area contributed by atoms with E-state index in [1.807, 2.05) is 50.2 Å². The second-order valence-electron chi connectivity index (χ2n) is 6.04. The molecule has 0 bridgehead atoms. The molecule has 1 aromatic rings. The number of benzene rings is 1. The zero-order chi connectivity index (χ0) is 17.7. The van der Waals surface area contributed by atoms with Crippen molar-refractivity contribution in [3.63, 3.8) is 0 Å². The second kappa shape index (κ2) is 8.01. The zero-order valence-electron chi connectivity index (χ0n) is 14.7. The normalized spacial score (nSPS) is 19.9. The van der Waals surface area contributed by atoms with Crippen molar-refractivity contribution in [1.82, 2.24) is 15.5 Å². The molecular formula is C17H26N4O3. The third-order valence-electron chi connectivity index (χ3n) is 4.12. The molecule has 0 radical (unpaired) electrons. The molecule has 7 heteroatoms. The van der Waals surface area contributed by atoms with Crippen LogP contribution >= 0.6 is 0 Å². The van der Waals surface area contributed by atoms with E-state index in [0.29, 0.717) is 25.2 Å². The molecule has 0 unspecified atom stereocenters. The highest BCUT2D eigenvalue weighted by molar-refractivity contribution is 5.95. The van der Waals surface area contributed by atoms with Gasteiger partial charge in [0.05, 0.1) is 12.1 Å². The Labute approximate surface area is 142 Å². The van der Waals surface area contributed by atoms with Gasteiger partial charge in [-0.2, -0.15) is 0 Å². The number of likely N-dealkylation sites (tertiary alicyclic amines) is 1. The molecule has 7 nitrogen and oxygen atoms in total. The molecule has 3 amide bonds. The number of amides is 3. The maximum Gasteiger partial charge on any atom is 0.315 e. The highest BCUT2D eigenvalue weighted by atomic mass is 16.5. The molecule has 1 aliphatic rings. The minimum absolute atomic E-state index is 0.0547. The van der Waals surface area contributed by atoms with Gasteiger partial charge < -0.3 is 25.2 Å². The topological polar surface area (TPSA) is 73.9 Å². The first-order valence-electron chi connectivity index (χ1n) is 8.10. The zero-order valence-corrected chi connectivity index (χ0v) is 14.7. The van der Waals surface area contributed by atoms with E-state index in [2.05, 4.69) is 10.6 Å². The quantitative estimate of drug-likeness (QED) is 0.839. The minimum Gasteiger partial charge on any atom is -0.378 e. The molecule has 2 rings (SSSR count). The number of nitrogens with one attached hydrogen (secondary N) is 2. The van der Waals surface area contributed by atoms with Crippen LogP contribution in [0.1, 0.15) is 17.3 Å². The largest absolute Gasteiger partial charge is 0.378 e. The number of carbonyl (C=O) groups is 2. The average molecular weight is 334 g/mol. The number of methoxy groups -OCH3 is 1. The van der Waals surface area contributed by atoms with Crippen LogP contribution in [0, 0.1) is 0 Å². The first kappa shape index (κ1) is 18.1. The van der Waals surface area contributed by atoms with Gasteiger partial charge in [-0.25, -0.2) is 4.79 Å². The molecule has 0 spiro atoms. The highest BCUT2D eigenvalue weighted by Crippen LogP contribution is 2.19. The molecular weight excluding hydrogens is 308 g/mol. The smallest absolute Gasteiger partial charge is 0.315 e. The van der Waals surface area contributed by atoms with Gasteiger partial charge in [-0.15, -0.1) is 0 Å². The van der Waals surface area contributed by atoms with Crippen LogP contribution in [-0.2, 0) is 4.74 Å². The molecule has 0 aromatic heterocycles. The number of hydrogen-bond donors (Lipinski definition) is 2. The first-order valence-corrected chi connectivity index (χ1v) is 8.10. The van der Waals surface area contributed by atoms with Crippen molar-refractivity contribution in [3.8, 4) is 0 Å². The van der Waals surface area contributed by atoms with E-state index in [1.165, 1.54) is 0 Å². The summed E-state index contributed by atoms with van der Waals surface area (Å²) in [5.41, 5.74) is 1.61. The van der Waals surface area contributed by atoms with Gasteiger partial charge in [0.15, 0.2) is 0 Å². The van der Waals surface area contributed by atoms with Gasteiger partial charge >= 0.3 is 6.03 Å². The molecule has 1 aliphatic heterocycles. The van der Waals surface area contributed by atoms with E-state index in [-0.39, 0.29) is 24.1 Å². The number of carbonyl (C=O) groups excluding carboxylic acids is 2. The lowest BCUT2D eigenvalue weighted by molar-refractivity contribution is 0.0710. The summed E-state index contributed by atoms with van der Waals surface area (Å²) in [6, 6.07) is 7.04. The molecule has 2 N–H and O–H groups in total. The lowest BCUT2D eigenvalue weighted by Gasteiger charge is -2.18. The summed E-state index contributed by atoms with van der Waals surface area (Å²) in [6.45, 7) is 3.30. The number of urea groups is 1. The fourth-order valence-corrected chi connectivity index (χ4v) is 2.80. The van der Waals surface area contributed by atoms with E-state index < -0.39 is 0 Å². The van der Waals surface area contributed by atoms with Crippen LogP contribution < -0.4 is 15.5 Å². The van der Waals surface area contributed by atoms with Gasteiger partial charge in [0.2, 0.25) is 0 Å². The Morgan fingerprint density at radius 1 is 1.33 bits per heavy atom. The van der Waals surface area contributed by atoms with Crippen LogP contribution in [0.2, 0.25) is 0 Å². The fraction of sp³-hybridized carbons (Fsp3) is 0.529. The molecule has 1 saturated heterocycles. The van der Waals surface area contributed by atoms with E-state index >= 15 is 0 Å². The van der Waals surface area contributed by atoms with Crippen molar-refractivity contribution in [2.24, 2.45) is 0 Å². The monoisotopic (exact) mass is 334 g/mol. The number of anilines is 1. The van der Waals surface area contributed by atoms with Crippen molar-refractivity contribution in [2.75, 3.05) is 45.7 Å². The standard InChI is InChI=1S/C17H26N4O3/c1-5-18-17(23)19-14-10-21(11-15(14)24-4)16(22)12-7-6-8-13(9-12)20(2)3/h6-9,14-15H,5,10-11H2,1-4H3,(H2,18,19,23)/t14-,15-/m0/s1. The maximum atomic E-state index is 12.8. The summed E-state index contributed by atoms with van der Waals surface area (Å²) in [6.07, 6.45) is -0.214. The van der Waals surface area contributed by atoms with E-state index in [9.17, 15) is 9.59 Å². The van der Waals surface area contributed by atoms with E-state index in [4.69, 9.17) is 4.74 Å². The third-order valence-corrected chi connectivity index (χ3v) is 4.12. The van der Waals surface area contributed by atoms with Crippen molar-refractivity contribution in [2.45, 2.75) is 19.1 Å². The summed E-state index contributed by atoms with van der Waals surface area (Å²) >= 11 is 0. The van der Waals surface area contributed by atoms with E-state index in [1.54, 1.807) is 12.0 Å². The lowest BCUT2D eigenvalue weighted by atomic mass is 10.1. The minimum atomic E-state index is -0.242. The molecule has 1 aromatic carbocycles. The Hall–Kier alpha value is -2.28. The predicted octanol–water partition coefficient (Wildman–Crippen LogP) is 0.911. The first-order chi connectivity index (χ1) is 11.5. The van der Waals surface area contributed by atoms with Crippen LogP contribution in [0.3, 0.4) is 0 Å². The third kappa shape index (κ3) is 4.17. The SMILES string of the molecule is CCNC(=O)N[C@H]1CN(C(=O)c2cccc(N(C)C)c2)C[C@@H]1OC. The fourth-order valence-electron chi connectivity index (χ4n) is 2.80. The van der Waals surface area contributed by atoms with Crippen molar-refractivity contribution >= 4 is 17.6 Å². The van der Waals surface area contributed by atoms with Gasteiger partial charge in [0, 0.05) is 52.1 Å². The lowest BCUT2D eigenvalue weighted by Crippen LogP contribution is -2.48. The van der Waals surface area contributed by atoms with Gasteiger partial charge in [0.25, 0.3) is 5.91 Å². The predicted molar refractivity (Wildman–Crippen MR) is 93.5 cm³/mol. The van der Waals surface area contributed by atoms with Crippen LogP contribution in [-0.4, -0.2) is 69.8 Å². The molecule has 24 heavy (non-hydrogen) atoms. The number of hydrogen-bond acceptors (Lipinski definition) is 4. The molecule has 0 saturated carbocycles. The molecule has 0 aliphatic carbocycles. The summed E-state index contributed by atoms with van der Waals surface area (Å²) in [4.78, 5) is 28.2. The van der Waals surface area contributed by atoms with Gasteiger partial charge in [0.1, 0.15) is 0 Å². The molecule has 1 fully saturated rings. The second-order valence-corrected chi connectivity index (χ2v) is 6.04. The Bertz CT molecular complexity index is 591. The Balaban J connectivity index is 2.08. The van der Waals surface area contributed by atoms with Crippen LogP contribution in [0.4, 0.5) is 10.5 Å². The molecule has 1 heterocycles. The van der Waals surface area contributed by atoms with E-state index in [0.717, 1.165) is 5.69 Å². The van der Waals surface area contributed by atoms with Crippen LogP contribution in [0.5, 0.6) is 0 Å². The summed E-state index contributed by atoms with van der Waals surface area (Å²) in [7, 11) is 5.47. The molecule has 2 atom stereocenters. The van der Waals surface area contributed by atoms with Crippen molar-refractivity contribution in [3.05, 3.63) is 29.8 Å². The Kier molecular flexibility index (Phi) is 6.03. The summed E-state index contributed by atoms with van der Waals surface area (Å²) in [5.74, 6) is -0.0547. The van der Waals surface area contributed by atoms with Gasteiger partial charge in [-0.3, -0.25) is 4.79 Å². The number of ether oxygens (including phenoxy) is 1. The van der Waals surface area contributed by atoms with Crippen LogP contribution in [0.15, 0.2) is 24.3 Å². The summed E-state index contributed by atoms with van der Waals surface area (Å²) in [5, 5.41) is 5.57. The highest BCUT2D eigenvalue weighted by Gasteiger charge is 2.36. The Morgan fingerprint density at radius 3 is 2.71 bits per heavy atom. The van der Waals surface area contributed by atoms with Crippen LogP contribution in [0.25, 0.3) is 0 Å². The van der Waals surface area contributed by atoms with Gasteiger partial charge in [-0.1, -0.05) is 6.07 Å². The Morgan fingerprint density at radius 2 is 2.08 bits per heavy atom. The number of rotatable bonds is 5. The van der Waals surface area contributed by atoms with Gasteiger partial charge in [-0.05, 0) is 25.1 Å². The average Bonchev–Trinajstić information content (AvgIpc) is 2.97.